The Labute approximate surface area is 241 Å². The van der Waals surface area contributed by atoms with Gasteiger partial charge in [0.2, 0.25) is 5.91 Å². The van der Waals surface area contributed by atoms with Gasteiger partial charge in [-0.2, -0.15) is 0 Å². The number of amides is 1. The lowest BCUT2D eigenvalue weighted by atomic mass is 9.96. The highest BCUT2D eigenvalue weighted by Crippen LogP contribution is 2.44. The van der Waals surface area contributed by atoms with E-state index in [-0.39, 0.29) is 24.6 Å². The van der Waals surface area contributed by atoms with E-state index in [1.165, 1.54) is 40.9 Å². The molecule has 40 heavy (non-hydrogen) atoms. The Kier molecular flexibility index (Phi) is 8.00. The Hall–Kier alpha value is -4.01. The highest BCUT2D eigenvalue weighted by Gasteiger charge is 2.42. The summed E-state index contributed by atoms with van der Waals surface area (Å²) in [4.78, 5) is 18.9. The number of pyridine rings is 1. The summed E-state index contributed by atoms with van der Waals surface area (Å²) in [7, 11) is 1.50. The zero-order valence-electron chi connectivity index (χ0n) is 23.6. The van der Waals surface area contributed by atoms with Gasteiger partial charge in [-0.1, -0.05) is 31.2 Å². The zero-order valence-corrected chi connectivity index (χ0v) is 24.4. The van der Waals surface area contributed by atoms with Gasteiger partial charge < -0.3 is 24.8 Å². The molecule has 4 aromatic rings. The molecule has 206 valence electrons. The smallest absolute Gasteiger partial charge is 0.250 e. The highest BCUT2D eigenvalue weighted by atomic mass is 32.1. The minimum absolute atomic E-state index is 0.00592. The maximum absolute atomic E-state index is 12.0. The van der Waals surface area contributed by atoms with E-state index in [2.05, 4.69) is 72.1 Å². The Balaban J connectivity index is 1.62. The van der Waals surface area contributed by atoms with Crippen molar-refractivity contribution in [1.82, 2.24) is 14.9 Å². The number of rotatable bonds is 8. The van der Waals surface area contributed by atoms with Gasteiger partial charge in [0.05, 0.1) is 23.5 Å². The number of methoxy groups -OCH3 is 1. The van der Waals surface area contributed by atoms with Crippen LogP contribution < -0.4 is 15.5 Å². The molecule has 1 fully saturated rings. The molecular weight excluding hydrogens is 518 g/mol. The van der Waals surface area contributed by atoms with Gasteiger partial charge in [-0.05, 0) is 98.6 Å². The summed E-state index contributed by atoms with van der Waals surface area (Å²) in [5.74, 6) is -0.197. The number of carbonyl (C=O) groups is 1. The van der Waals surface area contributed by atoms with Gasteiger partial charge in [0.25, 0.3) is 0 Å². The van der Waals surface area contributed by atoms with E-state index in [1.807, 2.05) is 48.7 Å². The largest absolute Gasteiger partial charge is 0.375 e. The fourth-order valence-corrected chi connectivity index (χ4v) is 6.08. The molecule has 2 N–H and O–H groups in total. The first kappa shape index (κ1) is 27.6. The molecule has 0 spiro atoms. The van der Waals surface area contributed by atoms with E-state index in [4.69, 9.17) is 21.9 Å². The van der Waals surface area contributed by atoms with Gasteiger partial charge >= 0.3 is 0 Å². The number of aryl methyl sites for hydroxylation is 3. The lowest BCUT2D eigenvalue weighted by Crippen LogP contribution is -2.29. The van der Waals surface area contributed by atoms with Crippen molar-refractivity contribution in [2.45, 2.75) is 46.2 Å². The van der Waals surface area contributed by atoms with Crippen molar-refractivity contribution in [3.05, 3.63) is 107 Å². The quantitative estimate of drug-likeness (QED) is 0.256. The van der Waals surface area contributed by atoms with Crippen molar-refractivity contribution >= 4 is 34.6 Å². The SMILES string of the molecule is CCc1cccc(C)c1-n1c(C)cc([C@@H]2[C@@H](c3ccccn3)NC(=S)N2c2ccc(NC(=O)COC)cc2)c1C. The van der Waals surface area contributed by atoms with E-state index < -0.39 is 0 Å². The molecule has 3 heterocycles. The highest BCUT2D eigenvalue weighted by molar-refractivity contribution is 7.80. The second-order valence-electron chi connectivity index (χ2n) is 10.1. The zero-order chi connectivity index (χ0) is 28.4. The average molecular weight is 554 g/mol. The van der Waals surface area contributed by atoms with Crippen molar-refractivity contribution in [2.75, 3.05) is 23.9 Å². The Bertz CT molecular complexity index is 1530. The molecule has 0 radical (unpaired) electrons. The average Bonchev–Trinajstić information content (AvgIpc) is 3.44. The van der Waals surface area contributed by atoms with Crippen molar-refractivity contribution in [3.8, 4) is 5.69 Å². The third-order valence-corrected chi connectivity index (χ3v) is 7.83. The molecule has 8 heteroatoms. The molecule has 1 aliphatic rings. The minimum Gasteiger partial charge on any atom is -0.375 e. The number of hydrogen-bond donors (Lipinski definition) is 2. The van der Waals surface area contributed by atoms with Gasteiger partial charge in [0, 0.05) is 36.1 Å². The number of nitrogens with one attached hydrogen (secondary N) is 2. The molecule has 7 nitrogen and oxygen atoms in total. The normalized spacial score (nSPS) is 16.7. The summed E-state index contributed by atoms with van der Waals surface area (Å²) in [5.41, 5.74) is 9.90. The Morgan fingerprint density at radius 1 is 1.07 bits per heavy atom. The summed E-state index contributed by atoms with van der Waals surface area (Å²) in [5, 5.41) is 7.05. The number of thiocarbonyl (C=S) groups is 1. The summed E-state index contributed by atoms with van der Waals surface area (Å²) < 4.78 is 7.32. The van der Waals surface area contributed by atoms with E-state index in [0.29, 0.717) is 10.8 Å². The van der Waals surface area contributed by atoms with Gasteiger partial charge in [-0.3, -0.25) is 9.78 Å². The molecule has 2 aromatic heterocycles. The number of carbonyl (C=O) groups excluding carboxylic acids is 1. The van der Waals surface area contributed by atoms with Crippen LogP contribution in [0.3, 0.4) is 0 Å². The first-order chi connectivity index (χ1) is 19.3. The molecule has 2 atom stereocenters. The Morgan fingerprint density at radius 3 is 2.52 bits per heavy atom. The van der Waals surface area contributed by atoms with Gasteiger partial charge in [-0.25, -0.2) is 0 Å². The van der Waals surface area contributed by atoms with Crippen molar-refractivity contribution in [2.24, 2.45) is 0 Å². The van der Waals surface area contributed by atoms with Crippen LogP contribution in [0.25, 0.3) is 5.69 Å². The van der Waals surface area contributed by atoms with Crippen LogP contribution in [0.5, 0.6) is 0 Å². The lowest BCUT2D eigenvalue weighted by Gasteiger charge is -2.28. The van der Waals surface area contributed by atoms with E-state index in [1.54, 1.807) is 0 Å². The number of nitrogens with zero attached hydrogens (tertiary/aromatic N) is 3. The maximum Gasteiger partial charge on any atom is 0.250 e. The monoisotopic (exact) mass is 553 g/mol. The van der Waals surface area contributed by atoms with Gasteiger partial charge in [0.1, 0.15) is 6.61 Å². The number of aromatic nitrogens is 2. The van der Waals surface area contributed by atoms with Crippen LogP contribution in [-0.2, 0) is 16.0 Å². The molecule has 0 aliphatic carbocycles. The number of hydrogen-bond acceptors (Lipinski definition) is 4. The van der Waals surface area contributed by atoms with Crippen LogP contribution in [0, 0.1) is 20.8 Å². The van der Waals surface area contributed by atoms with E-state index in [9.17, 15) is 4.79 Å². The first-order valence-corrected chi connectivity index (χ1v) is 13.9. The van der Waals surface area contributed by atoms with E-state index in [0.717, 1.165) is 17.8 Å². The topological polar surface area (TPSA) is 71.4 Å². The van der Waals surface area contributed by atoms with Crippen LogP contribution in [-0.4, -0.2) is 34.3 Å². The van der Waals surface area contributed by atoms with Crippen molar-refractivity contribution in [3.63, 3.8) is 0 Å². The molecule has 1 saturated heterocycles. The predicted octanol–water partition coefficient (Wildman–Crippen LogP) is 6.12. The van der Waals surface area contributed by atoms with Crippen LogP contribution in [0.1, 0.15) is 52.8 Å². The fourth-order valence-electron chi connectivity index (χ4n) is 5.74. The molecule has 1 amide bonds. The lowest BCUT2D eigenvalue weighted by molar-refractivity contribution is -0.119. The number of anilines is 2. The summed E-state index contributed by atoms with van der Waals surface area (Å²) >= 11 is 5.94. The van der Waals surface area contributed by atoms with Gasteiger partial charge in [-0.15, -0.1) is 0 Å². The summed E-state index contributed by atoms with van der Waals surface area (Å²) in [6, 6.07) is 22.2. The second-order valence-corrected chi connectivity index (χ2v) is 10.5. The standard InChI is InChI=1S/C32H35N5O2S/c1-6-23-11-9-10-20(2)30(23)36-21(3)18-26(22(36)4)31-29(27-12-7-8-17-33-27)35-32(40)37(31)25-15-13-24(14-16-25)34-28(38)19-39-5/h7-18,29,31H,6,19H2,1-5H3,(H,34,38)(H,35,40)/t29-,31-/m1/s1. The molecule has 5 rings (SSSR count). The maximum atomic E-state index is 12.0. The fraction of sp³-hybridized carbons (Fsp3) is 0.281. The Morgan fingerprint density at radius 2 is 1.85 bits per heavy atom. The van der Waals surface area contributed by atoms with E-state index >= 15 is 0 Å². The minimum atomic E-state index is -0.197. The molecule has 2 aromatic carbocycles. The third-order valence-electron chi connectivity index (χ3n) is 7.52. The number of benzene rings is 2. The molecule has 0 saturated carbocycles. The van der Waals surface area contributed by atoms with Crippen LogP contribution in [0.2, 0.25) is 0 Å². The van der Waals surface area contributed by atoms with Crippen LogP contribution in [0.15, 0.2) is 72.9 Å². The predicted molar refractivity (Wildman–Crippen MR) is 164 cm³/mol. The number of para-hydroxylation sites is 1. The number of ether oxygens (including phenoxy) is 1. The van der Waals surface area contributed by atoms with Crippen molar-refractivity contribution in [1.29, 1.82) is 0 Å². The van der Waals surface area contributed by atoms with Crippen LogP contribution >= 0.6 is 12.2 Å². The first-order valence-electron chi connectivity index (χ1n) is 13.5. The molecule has 0 bridgehead atoms. The van der Waals surface area contributed by atoms with Crippen molar-refractivity contribution < 1.29 is 9.53 Å². The third kappa shape index (κ3) is 5.12. The molecule has 1 aliphatic heterocycles. The summed E-state index contributed by atoms with van der Waals surface area (Å²) in [6.07, 6.45) is 2.77. The molecule has 0 unspecified atom stereocenters. The second kappa shape index (κ2) is 11.6. The van der Waals surface area contributed by atoms with Gasteiger partial charge in [0.15, 0.2) is 5.11 Å². The van der Waals surface area contributed by atoms with Crippen LogP contribution in [0.4, 0.5) is 11.4 Å². The molecular formula is C32H35N5O2S. The summed E-state index contributed by atoms with van der Waals surface area (Å²) in [6.45, 7) is 8.74.